The third kappa shape index (κ3) is 9.53. The number of anilines is 2. The number of amides is 2. The van der Waals surface area contributed by atoms with Crippen LogP contribution in [-0.4, -0.2) is 70.2 Å². The van der Waals surface area contributed by atoms with Crippen LogP contribution in [-0.2, 0) is 32.3 Å². The molecule has 0 saturated carbocycles. The number of hydrogen-bond acceptors (Lipinski definition) is 10. The van der Waals surface area contributed by atoms with Crippen LogP contribution in [0.4, 0.5) is 11.6 Å². The monoisotopic (exact) mass is 580 g/mol. The predicted octanol–water partition coefficient (Wildman–Crippen LogP) is 0.936. The lowest BCUT2D eigenvalue weighted by molar-refractivity contribution is -0.144. The number of nitrogen functional groups attached to an aromatic ring is 2. The van der Waals surface area contributed by atoms with Crippen LogP contribution in [0.5, 0.6) is 0 Å². The Morgan fingerprint density at radius 1 is 0.667 bits per heavy atom. The minimum Gasteiger partial charge on any atom is -0.481 e. The van der Waals surface area contributed by atoms with Gasteiger partial charge in [-0.25, -0.2) is 9.97 Å². The zero-order valence-corrected chi connectivity index (χ0v) is 22.6. The second kappa shape index (κ2) is 15.6. The van der Waals surface area contributed by atoms with Crippen molar-refractivity contribution < 1.29 is 38.9 Å². The highest BCUT2D eigenvalue weighted by atomic mass is 16.5. The molecule has 0 fully saturated rings. The number of nitrogens with zero attached hydrogens (tertiary/aromatic N) is 2. The molecule has 0 aliphatic rings. The van der Waals surface area contributed by atoms with Gasteiger partial charge in [-0.2, -0.15) is 0 Å². The lowest BCUT2D eigenvalue weighted by Gasteiger charge is -2.15. The van der Waals surface area contributed by atoms with Crippen molar-refractivity contribution >= 4 is 35.4 Å². The lowest BCUT2D eigenvalue weighted by Crippen LogP contribution is -2.37. The van der Waals surface area contributed by atoms with Gasteiger partial charge in [0.2, 0.25) is 0 Å². The standard InChI is InChI=1S/C28H32N6O8/c29-23-21(25(35)31-11-19(27(37)38)15-41-13-17-7-3-1-4-8-17)33-24(30)22(34-23)26(36)32-12-20(28(39)40)16-42-14-18-9-5-2-6-10-18/h1-10,19-20H,11-16H2,(H2,30,33)(H2,29,34)(H,31,35)(H,32,36)(H,37,38)(H,39,40)/t19-,20-/m1/s1. The van der Waals surface area contributed by atoms with Gasteiger partial charge in [-0.3, -0.25) is 19.2 Å². The predicted molar refractivity (Wildman–Crippen MR) is 150 cm³/mol. The van der Waals surface area contributed by atoms with Gasteiger partial charge in [0, 0.05) is 13.1 Å². The molecule has 0 aliphatic heterocycles. The molecule has 1 heterocycles. The maximum atomic E-state index is 12.7. The van der Waals surface area contributed by atoms with Crippen molar-refractivity contribution in [3.8, 4) is 0 Å². The highest BCUT2D eigenvalue weighted by Crippen LogP contribution is 2.14. The molecule has 0 spiro atoms. The maximum Gasteiger partial charge on any atom is 0.310 e. The summed E-state index contributed by atoms with van der Waals surface area (Å²) in [4.78, 5) is 56.3. The topological polar surface area (TPSA) is 229 Å². The summed E-state index contributed by atoms with van der Waals surface area (Å²) < 4.78 is 10.9. The van der Waals surface area contributed by atoms with E-state index in [4.69, 9.17) is 20.9 Å². The van der Waals surface area contributed by atoms with Crippen molar-refractivity contribution in [2.75, 3.05) is 37.8 Å². The van der Waals surface area contributed by atoms with Gasteiger partial charge in [-0.05, 0) is 11.1 Å². The zero-order chi connectivity index (χ0) is 30.5. The van der Waals surface area contributed by atoms with Crippen molar-refractivity contribution in [3.63, 3.8) is 0 Å². The Labute approximate surface area is 241 Å². The molecule has 0 aliphatic carbocycles. The second-order valence-electron chi connectivity index (χ2n) is 9.18. The zero-order valence-electron chi connectivity index (χ0n) is 22.6. The summed E-state index contributed by atoms with van der Waals surface area (Å²) in [7, 11) is 0. The van der Waals surface area contributed by atoms with Crippen LogP contribution in [0.3, 0.4) is 0 Å². The summed E-state index contributed by atoms with van der Waals surface area (Å²) in [5.41, 5.74) is 12.6. The number of carboxylic acids is 2. The summed E-state index contributed by atoms with van der Waals surface area (Å²) in [6.45, 7) is -0.524. The average molecular weight is 581 g/mol. The number of nitrogens with one attached hydrogen (secondary N) is 2. The molecule has 1 aromatic heterocycles. The van der Waals surface area contributed by atoms with Crippen molar-refractivity contribution in [2.45, 2.75) is 13.2 Å². The van der Waals surface area contributed by atoms with Gasteiger partial charge >= 0.3 is 11.9 Å². The van der Waals surface area contributed by atoms with Crippen LogP contribution >= 0.6 is 0 Å². The maximum absolute atomic E-state index is 12.7. The fraction of sp³-hybridized carbons (Fsp3) is 0.286. The molecule has 2 aromatic carbocycles. The Hall–Kier alpha value is -5.08. The van der Waals surface area contributed by atoms with Crippen molar-refractivity contribution in [1.82, 2.24) is 20.6 Å². The average Bonchev–Trinajstić information content (AvgIpc) is 2.97. The Morgan fingerprint density at radius 3 is 1.36 bits per heavy atom. The molecule has 3 rings (SSSR count). The molecule has 222 valence electrons. The Morgan fingerprint density at radius 2 is 1.02 bits per heavy atom. The van der Waals surface area contributed by atoms with E-state index in [0.29, 0.717) is 0 Å². The molecule has 2 amide bonds. The first-order valence-corrected chi connectivity index (χ1v) is 12.8. The third-order valence-electron chi connectivity index (χ3n) is 5.96. The van der Waals surface area contributed by atoms with E-state index in [1.165, 1.54) is 0 Å². The number of benzene rings is 2. The smallest absolute Gasteiger partial charge is 0.310 e. The number of rotatable bonds is 16. The van der Waals surface area contributed by atoms with Gasteiger partial charge in [-0.15, -0.1) is 0 Å². The molecule has 0 saturated heterocycles. The van der Waals surface area contributed by atoms with E-state index in [-0.39, 0.29) is 39.5 Å². The van der Waals surface area contributed by atoms with Gasteiger partial charge < -0.3 is 41.8 Å². The molecule has 42 heavy (non-hydrogen) atoms. The summed E-state index contributed by atoms with van der Waals surface area (Å²) in [5, 5.41) is 23.8. The molecule has 8 N–H and O–H groups in total. The fourth-order valence-electron chi connectivity index (χ4n) is 3.62. The highest BCUT2D eigenvalue weighted by Gasteiger charge is 2.25. The van der Waals surface area contributed by atoms with E-state index < -0.39 is 58.6 Å². The van der Waals surface area contributed by atoms with Crippen LogP contribution in [0.25, 0.3) is 0 Å². The minimum atomic E-state index is -1.18. The van der Waals surface area contributed by atoms with E-state index in [9.17, 15) is 29.4 Å². The molecule has 3 aromatic rings. The largest absolute Gasteiger partial charge is 0.481 e. The van der Waals surface area contributed by atoms with E-state index in [2.05, 4.69) is 20.6 Å². The molecule has 2 atom stereocenters. The van der Waals surface area contributed by atoms with Crippen molar-refractivity contribution in [2.24, 2.45) is 11.8 Å². The highest BCUT2D eigenvalue weighted by molar-refractivity contribution is 6.01. The van der Waals surface area contributed by atoms with E-state index in [1.807, 2.05) is 60.7 Å². The summed E-state index contributed by atoms with van der Waals surface area (Å²) >= 11 is 0. The molecular formula is C28H32N6O8. The van der Waals surface area contributed by atoms with E-state index >= 15 is 0 Å². The van der Waals surface area contributed by atoms with Gasteiger partial charge in [-0.1, -0.05) is 60.7 Å². The number of carbonyl (C=O) groups is 4. The van der Waals surface area contributed by atoms with Crippen LogP contribution in [0.1, 0.15) is 32.1 Å². The number of hydrogen-bond donors (Lipinski definition) is 6. The molecule has 14 heteroatoms. The van der Waals surface area contributed by atoms with Gasteiger partial charge in [0.1, 0.15) is 0 Å². The van der Waals surface area contributed by atoms with Crippen LogP contribution < -0.4 is 22.1 Å². The number of ether oxygens (including phenoxy) is 2. The van der Waals surface area contributed by atoms with Gasteiger partial charge in [0.15, 0.2) is 23.0 Å². The van der Waals surface area contributed by atoms with Gasteiger partial charge in [0.25, 0.3) is 11.8 Å². The Bertz CT molecular complexity index is 1270. The van der Waals surface area contributed by atoms with Crippen molar-refractivity contribution in [3.05, 3.63) is 83.2 Å². The number of carboxylic acid groups (broad SMARTS) is 2. The minimum absolute atomic E-state index is 0.165. The first kappa shape index (κ1) is 31.4. The molecule has 0 bridgehead atoms. The lowest BCUT2D eigenvalue weighted by atomic mass is 10.1. The van der Waals surface area contributed by atoms with E-state index in [1.54, 1.807) is 0 Å². The van der Waals surface area contributed by atoms with E-state index in [0.717, 1.165) is 11.1 Å². The number of nitrogens with two attached hydrogens (primary N) is 2. The third-order valence-corrected chi connectivity index (χ3v) is 5.96. The van der Waals surface area contributed by atoms with Gasteiger partial charge in [0.05, 0.1) is 38.3 Å². The van der Waals surface area contributed by atoms with Crippen LogP contribution in [0.2, 0.25) is 0 Å². The SMILES string of the molecule is Nc1nc(C(=O)NC[C@H](COCc2ccccc2)C(=O)O)c(N)nc1C(=O)NC[C@H](COCc1ccccc1)C(=O)O. The first-order chi connectivity index (χ1) is 20.2. The quantitative estimate of drug-likeness (QED) is 0.139. The fourth-order valence-corrected chi connectivity index (χ4v) is 3.62. The summed E-state index contributed by atoms with van der Waals surface area (Å²) in [5.74, 6) is -7.05. The molecule has 0 unspecified atom stereocenters. The molecule has 0 radical (unpaired) electrons. The van der Waals surface area contributed by atoms with Crippen LogP contribution in [0.15, 0.2) is 60.7 Å². The second-order valence-corrected chi connectivity index (χ2v) is 9.18. The normalized spacial score (nSPS) is 12.2. The molecular weight excluding hydrogens is 548 g/mol. The first-order valence-electron chi connectivity index (χ1n) is 12.8. The van der Waals surface area contributed by atoms with Crippen molar-refractivity contribution in [1.29, 1.82) is 0 Å². The molecule has 14 nitrogen and oxygen atoms in total. The summed E-state index contributed by atoms with van der Waals surface area (Å²) in [6, 6.07) is 18.3. The summed E-state index contributed by atoms with van der Waals surface area (Å²) in [6.07, 6.45) is 0. The number of aromatic nitrogens is 2. The number of aliphatic carboxylic acids is 2. The Kier molecular flexibility index (Phi) is 11.7. The Balaban J connectivity index is 1.53. The number of carbonyl (C=O) groups excluding carboxylic acids is 2. The van der Waals surface area contributed by atoms with Crippen LogP contribution in [0, 0.1) is 11.8 Å².